The zero-order chi connectivity index (χ0) is 19.8. The van der Waals surface area contributed by atoms with E-state index in [2.05, 4.69) is 15.1 Å². The van der Waals surface area contributed by atoms with Crippen LogP contribution in [0, 0.1) is 0 Å². The van der Waals surface area contributed by atoms with Crippen LogP contribution in [0.25, 0.3) is 0 Å². The Hall–Kier alpha value is -1.37. The third kappa shape index (κ3) is 4.73. The molecular weight excluding hydrogens is 385 g/mol. The van der Waals surface area contributed by atoms with Gasteiger partial charge in [0.2, 0.25) is 11.7 Å². The first kappa shape index (κ1) is 20.4. The summed E-state index contributed by atoms with van der Waals surface area (Å²) in [5, 5.41) is 6.86. The van der Waals surface area contributed by atoms with E-state index < -0.39 is 23.2 Å². The summed E-state index contributed by atoms with van der Waals surface area (Å²) >= 11 is -0.814. The molecule has 0 bridgehead atoms. The molecule has 12 heteroatoms. The molecule has 1 fully saturated rings. The highest BCUT2D eigenvalue weighted by Gasteiger charge is 2.40. The molecule has 3 rings (SSSR count). The molecule has 1 aromatic heterocycles. The zero-order valence-corrected chi connectivity index (χ0v) is 15.8. The first-order valence-electron chi connectivity index (χ1n) is 8.77. The molecule has 2 aliphatic heterocycles. The van der Waals surface area contributed by atoms with E-state index in [0.717, 1.165) is 4.57 Å². The zero-order valence-electron chi connectivity index (χ0n) is 15.0. The number of carbonyl (C=O) groups is 1. The molecule has 8 nitrogen and oxygen atoms in total. The molecule has 1 aromatic rings. The number of nitrogens with two attached hydrogens (primary N) is 1. The van der Waals surface area contributed by atoms with Gasteiger partial charge in [0.1, 0.15) is 11.0 Å². The van der Waals surface area contributed by atoms with Crippen molar-refractivity contribution in [1.82, 2.24) is 24.6 Å². The standard InChI is InChI=1S/C15H23F3N6O2S/c1-10-7-22(4-5-27(10)26)8-11(19)6-13(25)23-2-3-24-12(9-23)20-21-14(24)15(16,17)18/h10-11H,2-9,19H2,1H3/t10?,11-,27?/m0/s1. The summed E-state index contributed by atoms with van der Waals surface area (Å²) in [4.78, 5) is 16.1. The Balaban J connectivity index is 1.52. The van der Waals surface area contributed by atoms with Crippen molar-refractivity contribution in [3.63, 3.8) is 0 Å². The van der Waals surface area contributed by atoms with E-state index in [-0.39, 0.29) is 49.1 Å². The van der Waals surface area contributed by atoms with Crippen LogP contribution in [0.1, 0.15) is 25.0 Å². The van der Waals surface area contributed by atoms with Gasteiger partial charge in [0.25, 0.3) is 0 Å². The van der Waals surface area contributed by atoms with E-state index in [0.29, 0.717) is 25.4 Å². The summed E-state index contributed by atoms with van der Waals surface area (Å²) in [6.45, 7) is 3.99. The fourth-order valence-electron chi connectivity index (χ4n) is 3.45. The van der Waals surface area contributed by atoms with E-state index in [1.807, 2.05) is 6.92 Å². The minimum atomic E-state index is -4.56. The summed E-state index contributed by atoms with van der Waals surface area (Å²) in [5.41, 5.74) is 6.10. The second-order valence-corrected chi connectivity index (χ2v) is 9.00. The lowest BCUT2D eigenvalue weighted by Crippen LogP contribution is -2.50. The minimum Gasteiger partial charge on any atom is -0.616 e. The molecule has 1 amide bonds. The predicted molar refractivity (Wildman–Crippen MR) is 91.9 cm³/mol. The van der Waals surface area contributed by atoms with Gasteiger partial charge in [0.05, 0.1) is 6.54 Å². The quantitative estimate of drug-likeness (QED) is 0.693. The van der Waals surface area contributed by atoms with Gasteiger partial charge in [0.15, 0.2) is 5.82 Å². The Morgan fingerprint density at radius 1 is 1.37 bits per heavy atom. The monoisotopic (exact) mass is 408 g/mol. The van der Waals surface area contributed by atoms with E-state index in [9.17, 15) is 22.5 Å². The van der Waals surface area contributed by atoms with Crippen molar-refractivity contribution in [2.24, 2.45) is 5.73 Å². The third-order valence-corrected chi connectivity index (χ3v) is 6.49. The maximum Gasteiger partial charge on any atom is 0.451 e. The van der Waals surface area contributed by atoms with Crippen LogP contribution in [0.4, 0.5) is 13.2 Å². The molecule has 152 valence electrons. The highest BCUT2D eigenvalue weighted by Crippen LogP contribution is 2.29. The van der Waals surface area contributed by atoms with Gasteiger partial charge >= 0.3 is 6.18 Å². The van der Waals surface area contributed by atoms with Crippen molar-refractivity contribution in [2.45, 2.75) is 43.9 Å². The fourth-order valence-corrected chi connectivity index (χ4v) is 4.67. The Morgan fingerprint density at radius 2 is 2.11 bits per heavy atom. The van der Waals surface area contributed by atoms with Gasteiger partial charge in [-0.1, -0.05) is 0 Å². The Morgan fingerprint density at radius 3 is 2.78 bits per heavy atom. The van der Waals surface area contributed by atoms with Crippen LogP contribution in [-0.2, 0) is 35.2 Å². The lowest BCUT2D eigenvalue weighted by Gasteiger charge is -2.34. The van der Waals surface area contributed by atoms with Crippen molar-refractivity contribution in [3.05, 3.63) is 11.6 Å². The molecular formula is C15H23F3N6O2S. The number of amides is 1. The number of nitrogens with zero attached hydrogens (tertiary/aromatic N) is 5. The third-order valence-electron chi connectivity index (χ3n) is 4.86. The molecule has 27 heavy (non-hydrogen) atoms. The van der Waals surface area contributed by atoms with E-state index in [4.69, 9.17) is 5.73 Å². The van der Waals surface area contributed by atoms with E-state index in [1.165, 1.54) is 4.90 Å². The first-order chi connectivity index (χ1) is 12.6. The van der Waals surface area contributed by atoms with Gasteiger partial charge in [-0.25, -0.2) is 0 Å². The topological polar surface area (TPSA) is 103 Å². The van der Waals surface area contributed by atoms with Crippen LogP contribution in [0.2, 0.25) is 0 Å². The maximum atomic E-state index is 12.9. The van der Waals surface area contributed by atoms with Crippen LogP contribution in [0.5, 0.6) is 0 Å². The van der Waals surface area contributed by atoms with Crippen molar-refractivity contribution in [1.29, 1.82) is 0 Å². The number of fused-ring (bicyclic) bond motifs is 1. The molecule has 0 aromatic carbocycles. The van der Waals surface area contributed by atoms with Crippen molar-refractivity contribution >= 4 is 17.1 Å². The van der Waals surface area contributed by atoms with Crippen LogP contribution >= 0.6 is 0 Å². The average molecular weight is 408 g/mol. The molecule has 0 spiro atoms. The molecule has 1 saturated heterocycles. The van der Waals surface area contributed by atoms with Gasteiger partial charge in [-0.2, -0.15) is 13.2 Å². The lowest BCUT2D eigenvalue weighted by molar-refractivity contribution is -0.148. The summed E-state index contributed by atoms with van der Waals surface area (Å²) in [7, 11) is 0. The molecule has 0 aliphatic carbocycles. The fraction of sp³-hybridized carbons (Fsp3) is 0.800. The summed E-state index contributed by atoms with van der Waals surface area (Å²) < 4.78 is 51.3. The predicted octanol–water partition coefficient (Wildman–Crippen LogP) is -0.191. The Kier molecular flexibility index (Phi) is 5.99. The van der Waals surface area contributed by atoms with E-state index >= 15 is 0 Å². The number of alkyl halides is 3. The van der Waals surface area contributed by atoms with Gasteiger partial charge in [-0.05, 0) is 18.1 Å². The Bertz CT molecular complexity index is 685. The number of halogens is 3. The van der Waals surface area contributed by atoms with Crippen molar-refractivity contribution < 1.29 is 22.5 Å². The van der Waals surface area contributed by atoms with Crippen LogP contribution < -0.4 is 5.73 Å². The number of rotatable bonds is 4. The second kappa shape index (κ2) is 7.94. The molecule has 2 aliphatic rings. The number of hydrogen-bond donors (Lipinski definition) is 1. The first-order valence-corrected chi connectivity index (χ1v) is 10.2. The Labute approximate surface area is 158 Å². The number of hydrogen-bond acceptors (Lipinski definition) is 6. The van der Waals surface area contributed by atoms with Crippen LogP contribution in [0.3, 0.4) is 0 Å². The molecule has 0 saturated carbocycles. The minimum absolute atomic E-state index is 0.00559. The summed E-state index contributed by atoms with van der Waals surface area (Å²) in [6.07, 6.45) is -4.46. The molecule has 3 heterocycles. The highest BCUT2D eigenvalue weighted by atomic mass is 32.2. The lowest BCUT2D eigenvalue weighted by atomic mass is 10.1. The van der Waals surface area contributed by atoms with Crippen LogP contribution in [-0.4, -0.2) is 78.2 Å². The molecule has 0 radical (unpaired) electrons. The largest absolute Gasteiger partial charge is 0.616 e. The number of aromatic nitrogens is 3. The molecule has 2 unspecified atom stereocenters. The molecule has 2 N–H and O–H groups in total. The van der Waals surface area contributed by atoms with Gasteiger partial charge < -0.3 is 19.8 Å². The van der Waals surface area contributed by atoms with Gasteiger partial charge in [-0.15, -0.1) is 10.2 Å². The number of carbonyl (C=O) groups excluding carboxylic acids is 1. The SMILES string of the molecule is CC1CN(C[C@@H](N)CC(=O)N2CCn3c(nnc3C(F)(F)F)C2)CC[S+]1[O-]. The molecule has 3 atom stereocenters. The maximum absolute atomic E-state index is 12.9. The summed E-state index contributed by atoms with van der Waals surface area (Å²) in [5.74, 6) is -0.509. The van der Waals surface area contributed by atoms with Gasteiger partial charge in [-0.3, -0.25) is 9.69 Å². The summed E-state index contributed by atoms with van der Waals surface area (Å²) in [6, 6.07) is -0.387. The smallest absolute Gasteiger partial charge is 0.451 e. The van der Waals surface area contributed by atoms with E-state index in [1.54, 1.807) is 0 Å². The highest BCUT2D eigenvalue weighted by molar-refractivity contribution is 7.92. The average Bonchev–Trinajstić information content (AvgIpc) is 3.01. The normalized spacial score (nSPS) is 25.3. The van der Waals surface area contributed by atoms with Crippen molar-refractivity contribution in [3.8, 4) is 0 Å². The van der Waals surface area contributed by atoms with Gasteiger partial charge in [0, 0.05) is 45.2 Å². The second-order valence-electron chi connectivity index (χ2n) is 7.02. The van der Waals surface area contributed by atoms with Crippen LogP contribution in [0.15, 0.2) is 0 Å². The van der Waals surface area contributed by atoms with Crippen molar-refractivity contribution in [2.75, 3.05) is 31.9 Å².